The molecule has 2 saturated carbocycles. The van der Waals surface area contributed by atoms with Gasteiger partial charge in [-0.1, -0.05) is 6.42 Å². The van der Waals surface area contributed by atoms with Crippen molar-refractivity contribution >= 4 is 5.82 Å². The molecular weight excluding hydrogens is 300 g/mol. The third kappa shape index (κ3) is 2.72. The molecule has 3 aliphatic rings. The zero-order valence-corrected chi connectivity index (χ0v) is 15.2. The maximum atomic E-state index is 5.70. The molecule has 5 nitrogen and oxygen atoms in total. The molecule has 24 heavy (non-hydrogen) atoms. The van der Waals surface area contributed by atoms with Gasteiger partial charge in [0, 0.05) is 49.5 Å². The predicted molar refractivity (Wildman–Crippen MR) is 95.4 cm³/mol. The Balaban J connectivity index is 1.32. The van der Waals surface area contributed by atoms with Gasteiger partial charge in [0.15, 0.2) is 0 Å². The zero-order valence-electron chi connectivity index (χ0n) is 15.2. The van der Waals surface area contributed by atoms with E-state index in [0.29, 0.717) is 23.6 Å². The average Bonchev–Trinajstić information content (AvgIpc) is 2.49. The standard InChI is InChI=1S/C19H30N4O/c1-13-11-18(21-14(2)20-13)23-9-5-15(6-10-23)22-16-12-17(24-3)19(16)7-4-8-19/h11,15-17,22H,4-10,12H2,1-3H3. The van der Waals surface area contributed by atoms with Gasteiger partial charge in [-0.05, 0) is 46.0 Å². The van der Waals surface area contributed by atoms with Crippen LogP contribution in [0.25, 0.3) is 0 Å². The van der Waals surface area contributed by atoms with E-state index in [1.54, 1.807) is 0 Å². The molecule has 132 valence electrons. The van der Waals surface area contributed by atoms with E-state index >= 15 is 0 Å². The molecule has 0 amide bonds. The lowest BCUT2D eigenvalue weighted by atomic mass is 9.51. The van der Waals surface area contributed by atoms with Crippen LogP contribution in [-0.2, 0) is 4.74 Å². The monoisotopic (exact) mass is 330 g/mol. The Bertz CT molecular complexity index is 573. The topological polar surface area (TPSA) is 50.3 Å². The maximum Gasteiger partial charge on any atom is 0.132 e. The average molecular weight is 330 g/mol. The summed E-state index contributed by atoms with van der Waals surface area (Å²) in [6.07, 6.45) is 8.17. The van der Waals surface area contributed by atoms with E-state index in [4.69, 9.17) is 4.74 Å². The molecule has 3 fully saturated rings. The third-order valence-electron chi connectivity index (χ3n) is 6.56. The van der Waals surface area contributed by atoms with E-state index in [0.717, 1.165) is 30.4 Å². The van der Waals surface area contributed by atoms with Crippen molar-refractivity contribution in [2.24, 2.45) is 5.41 Å². The number of nitrogens with one attached hydrogen (secondary N) is 1. The number of methoxy groups -OCH3 is 1. The zero-order chi connectivity index (χ0) is 16.7. The van der Waals surface area contributed by atoms with Gasteiger partial charge in [-0.25, -0.2) is 9.97 Å². The fourth-order valence-corrected chi connectivity index (χ4v) is 4.99. The highest BCUT2D eigenvalue weighted by Gasteiger charge is 2.58. The molecule has 1 N–H and O–H groups in total. The second-order valence-corrected chi connectivity index (χ2v) is 7.94. The number of hydrogen-bond acceptors (Lipinski definition) is 5. The number of nitrogens with zero attached hydrogens (tertiary/aromatic N) is 3. The smallest absolute Gasteiger partial charge is 0.132 e. The molecule has 0 bridgehead atoms. The molecule has 2 aliphatic carbocycles. The molecule has 1 spiro atoms. The van der Waals surface area contributed by atoms with Crippen LogP contribution in [0.3, 0.4) is 0 Å². The number of hydrogen-bond donors (Lipinski definition) is 1. The first-order chi connectivity index (χ1) is 11.6. The highest BCUT2D eigenvalue weighted by atomic mass is 16.5. The van der Waals surface area contributed by atoms with E-state index in [1.807, 2.05) is 21.0 Å². The van der Waals surface area contributed by atoms with Crippen LogP contribution in [0.5, 0.6) is 0 Å². The lowest BCUT2D eigenvalue weighted by Gasteiger charge is -2.61. The number of aryl methyl sites for hydroxylation is 2. The minimum absolute atomic E-state index is 0.465. The van der Waals surface area contributed by atoms with Gasteiger partial charge >= 0.3 is 0 Å². The van der Waals surface area contributed by atoms with Crippen LogP contribution >= 0.6 is 0 Å². The molecular formula is C19H30N4O. The Kier molecular flexibility index (Phi) is 4.25. The number of rotatable bonds is 4. The summed E-state index contributed by atoms with van der Waals surface area (Å²) in [6, 6.07) is 3.43. The van der Waals surface area contributed by atoms with Crippen molar-refractivity contribution in [1.29, 1.82) is 0 Å². The Morgan fingerprint density at radius 3 is 2.54 bits per heavy atom. The molecule has 1 aromatic rings. The van der Waals surface area contributed by atoms with Gasteiger partial charge in [0.25, 0.3) is 0 Å². The van der Waals surface area contributed by atoms with Gasteiger partial charge in [0.05, 0.1) is 6.10 Å². The largest absolute Gasteiger partial charge is 0.381 e. The van der Waals surface area contributed by atoms with Gasteiger partial charge in [-0.3, -0.25) is 0 Å². The molecule has 1 saturated heterocycles. The van der Waals surface area contributed by atoms with Crippen LogP contribution in [0.4, 0.5) is 5.82 Å². The highest BCUT2D eigenvalue weighted by Crippen LogP contribution is 2.57. The molecule has 2 heterocycles. The lowest BCUT2D eigenvalue weighted by molar-refractivity contribution is -0.164. The molecule has 0 aromatic carbocycles. The first-order valence-corrected chi connectivity index (χ1v) is 9.47. The summed E-state index contributed by atoms with van der Waals surface area (Å²) in [7, 11) is 1.88. The fourth-order valence-electron chi connectivity index (χ4n) is 4.99. The first-order valence-electron chi connectivity index (χ1n) is 9.47. The molecule has 0 radical (unpaired) electrons. The van der Waals surface area contributed by atoms with E-state index in [2.05, 4.69) is 26.3 Å². The molecule has 1 aromatic heterocycles. The van der Waals surface area contributed by atoms with Crippen molar-refractivity contribution in [2.45, 2.75) is 70.6 Å². The Hall–Kier alpha value is -1.20. The second kappa shape index (κ2) is 6.26. The SMILES string of the molecule is COC1CC(NC2CCN(c3cc(C)nc(C)n3)CC2)C12CCC2. The minimum atomic E-state index is 0.465. The minimum Gasteiger partial charge on any atom is -0.381 e. The third-order valence-corrected chi connectivity index (χ3v) is 6.56. The summed E-state index contributed by atoms with van der Waals surface area (Å²) < 4.78 is 5.70. The van der Waals surface area contributed by atoms with Crippen molar-refractivity contribution < 1.29 is 4.74 Å². The summed E-state index contributed by atoms with van der Waals surface area (Å²) in [5, 5.41) is 3.97. The quantitative estimate of drug-likeness (QED) is 0.920. The van der Waals surface area contributed by atoms with Crippen molar-refractivity contribution in [1.82, 2.24) is 15.3 Å². The van der Waals surface area contributed by atoms with Crippen molar-refractivity contribution in [3.05, 3.63) is 17.6 Å². The van der Waals surface area contributed by atoms with Crippen LogP contribution in [-0.4, -0.2) is 48.4 Å². The normalized spacial score (nSPS) is 29.4. The maximum absolute atomic E-state index is 5.70. The number of piperidine rings is 1. The lowest BCUT2D eigenvalue weighted by Crippen LogP contribution is -2.68. The summed E-state index contributed by atoms with van der Waals surface area (Å²) in [4.78, 5) is 11.4. The summed E-state index contributed by atoms with van der Waals surface area (Å²) in [6.45, 7) is 6.20. The van der Waals surface area contributed by atoms with Gasteiger partial charge < -0.3 is 15.0 Å². The fraction of sp³-hybridized carbons (Fsp3) is 0.789. The molecule has 2 atom stereocenters. The van der Waals surface area contributed by atoms with Gasteiger partial charge in [-0.2, -0.15) is 0 Å². The van der Waals surface area contributed by atoms with E-state index in [1.165, 1.54) is 38.5 Å². The first kappa shape index (κ1) is 16.3. The van der Waals surface area contributed by atoms with Crippen molar-refractivity contribution in [3.8, 4) is 0 Å². The van der Waals surface area contributed by atoms with Crippen LogP contribution in [0.1, 0.15) is 50.0 Å². The van der Waals surface area contributed by atoms with Gasteiger partial charge in [-0.15, -0.1) is 0 Å². The molecule has 4 rings (SSSR count). The number of anilines is 1. The number of ether oxygens (including phenoxy) is 1. The van der Waals surface area contributed by atoms with Crippen LogP contribution in [0, 0.1) is 19.3 Å². The van der Waals surface area contributed by atoms with E-state index < -0.39 is 0 Å². The Morgan fingerprint density at radius 1 is 1.21 bits per heavy atom. The summed E-state index contributed by atoms with van der Waals surface area (Å²) >= 11 is 0. The predicted octanol–water partition coefficient (Wildman–Crippen LogP) is 2.61. The van der Waals surface area contributed by atoms with E-state index in [9.17, 15) is 0 Å². The Labute approximate surface area is 145 Å². The van der Waals surface area contributed by atoms with E-state index in [-0.39, 0.29) is 0 Å². The molecule has 5 heteroatoms. The molecule has 2 unspecified atom stereocenters. The van der Waals surface area contributed by atoms with Crippen LogP contribution < -0.4 is 10.2 Å². The second-order valence-electron chi connectivity index (χ2n) is 7.94. The Morgan fingerprint density at radius 2 is 1.96 bits per heavy atom. The van der Waals surface area contributed by atoms with Gasteiger partial charge in [0.2, 0.25) is 0 Å². The van der Waals surface area contributed by atoms with Crippen molar-refractivity contribution in [2.75, 3.05) is 25.1 Å². The molecule has 1 aliphatic heterocycles. The summed E-state index contributed by atoms with van der Waals surface area (Å²) in [5.41, 5.74) is 1.52. The number of aromatic nitrogens is 2. The summed E-state index contributed by atoms with van der Waals surface area (Å²) in [5.74, 6) is 1.97. The highest BCUT2D eigenvalue weighted by molar-refractivity contribution is 5.40. The van der Waals surface area contributed by atoms with Crippen molar-refractivity contribution in [3.63, 3.8) is 0 Å². The van der Waals surface area contributed by atoms with Gasteiger partial charge in [0.1, 0.15) is 11.6 Å². The van der Waals surface area contributed by atoms with Crippen LogP contribution in [0.2, 0.25) is 0 Å². The van der Waals surface area contributed by atoms with Crippen LogP contribution in [0.15, 0.2) is 6.07 Å².